The van der Waals surface area contributed by atoms with Crippen LogP contribution in [0.2, 0.25) is 0 Å². The molecule has 5 heteroatoms. The maximum Gasteiger partial charge on any atom is 0.306 e. The van der Waals surface area contributed by atoms with Crippen LogP contribution in [0.4, 0.5) is 0 Å². The Balaban J connectivity index is 1.70. The Morgan fingerprint density at radius 1 is 1.37 bits per heavy atom. The van der Waals surface area contributed by atoms with Crippen molar-refractivity contribution >= 4 is 5.97 Å². The lowest BCUT2D eigenvalue weighted by molar-refractivity contribution is -0.144. The molecule has 2 rings (SSSR count). The quantitative estimate of drug-likeness (QED) is 0.773. The van der Waals surface area contributed by atoms with Gasteiger partial charge in [0.1, 0.15) is 0 Å². The summed E-state index contributed by atoms with van der Waals surface area (Å²) in [6, 6.07) is 0. The number of likely N-dealkylation sites (N-methyl/N-ethyl adjacent to an activating group) is 1. The molecule has 0 aromatic rings. The fraction of sp³-hybridized carbons (Fsp3) is 0.929. The van der Waals surface area contributed by atoms with Crippen LogP contribution < -0.4 is 5.32 Å². The van der Waals surface area contributed by atoms with Crippen molar-refractivity contribution in [3.8, 4) is 0 Å². The number of carboxylic acid groups (broad SMARTS) is 1. The predicted molar refractivity (Wildman–Crippen MR) is 73.2 cm³/mol. The summed E-state index contributed by atoms with van der Waals surface area (Å²) in [4.78, 5) is 13.5. The van der Waals surface area contributed by atoms with Crippen LogP contribution in [0.1, 0.15) is 25.7 Å². The van der Waals surface area contributed by atoms with E-state index in [4.69, 9.17) is 4.74 Å². The normalized spacial score (nSPS) is 33.2. The number of hydrogen-bond acceptors (Lipinski definition) is 4. The largest absolute Gasteiger partial charge is 0.481 e. The van der Waals surface area contributed by atoms with Gasteiger partial charge in [0.05, 0.1) is 18.6 Å². The van der Waals surface area contributed by atoms with E-state index < -0.39 is 5.97 Å². The number of nitrogens with one attached hydrogen (secondary N) is 1. The predicted octanol–water partition coefficient (Wildman–Crippen LogP) is 0.798. The summed E-state index contributed by atoms with van der Waals surface area (Å²) in [6.45, 7) is 4.39. The molecule has 0 spiro atoms. The molecule has 1 heterocycles. The van der Waals surface area contributed by atoms with E-state index in [0.29, 0.717) is 0 Å². The maximum absolute atomic E-state index is 11.2. The standard InChI is InChI=1S/C14H26N2O3/c1-16-6-7-19-12(10-16)9-15-8-11-4-2-3-5-13(11)14(17)18/h11-13,15H,2-10H2,1H3,(H,17,18). The third-order valence-electron chi connectivity index (χ3n) is 4.35. The van der Waals surface area contributed by atoms with Crippen molar-refractivity contribution in [2.24, 2.45) is 11.8 Å². The van der Waals surface area contributed by atoms with Gasteiger partial charge in [0, 0.05) is 19.6 Å². The highest BCUT2D eigenvalue weighted by molar-refractivity contribution is 5.70. The zero-order valence-electron chi connectivity index (χ0n) is 11.8. The van der Waals surface area contributed by atoms with Crippen molar-refractivity contribution in [3.05, 3.63) is 0 Å². The van der Waals surface area contributed by atoms with Crippen molar-refractivity contribution in [1.82, 2.24) is 10.2 Å². The van der Waals surface area contributed by atoms with E-state index in [-0.39, 0.29) is 17.9 Å². The number of ether oxygens (including phenoxy) is 1. The minimum absolute atomic E-state index is 0.156. The summed E-state index contributed by atoms with van der Waals surface area (Å²) in [7, 11) is 2.11. The summed E-state index contributed by atoms with van der Waals surface area (Å²) in [6.07, 6.45) is 4.34. The fourth-order valence-electron chi connectivity index (χ4n) is 3.20. The van der Waals surface area contributed by atoms with Crippen molar-refractivity contribution in [2.45, 2.75) is 31.8 Å². The molecule has 0 aromatic carbocycles. The summed E-state index contributed by atoms with van der Waals surface area (Å²) in [5.74, 6) is -0.496. The van der Waals surface area contributed by atoms with E-state index in [2.05, 4.69) is 17.3 Å². The second-order valence-corrected chi connectivity index (χ2v) is 5.90. The Morgan fingerprint density at radius 2 is 2.16 bits per heavy atom. The van der Waals surface area contributed by atoms with E-state index in [9.17, 15) is 9.90 Å². The number of carbonyl (C=O) groups is 1. The lowest BCUT2D eigenvalue weighted by Crippen LogP contribution is -2.46. The first-order valence-corrected chi connectivity index (χ1v) is 7.40. The summed E-state index contributed by atoms with van der Waals surface area (Å²) < 4.78 is 5.69. The molecule has 2 fully saturated rings. The monoisotopic (exact) mass is 270 g/mol. The van der Waals surface area contributed by atoms with Crippen LogP contribution in [-0.2, 0) is 9.53 Å². The minimum Gasteiger partial charge on any atom is -0.481 e. The highest BCUT2D eigenvalue weighted by Crippen LogP contribution is 2.29. The number of rotatable bonds is 5. The molecule has 3 atom stereocenters. The third-order valence-corrected chi connectivity index (χ3v) is 4.35. The zero-order chi connectivity index (χ0) is 13.7. The van der Waals surface area contributed by atoms with Crippen molar-refractivity contribution in [1.29, 1.82) is 0 Å². The van der Waals surface area contributed by atoms with Crippen LogP contribution in [0.15, 0.2) is 0 Å². The summed E-state index contributed by atoms with van der Waals surface area (Å²) in [5, 5.41) is 12.6. The molecule has 2 N–H and O–H groups in total. The zero-order valence-corrected chi connectivity index (χ0v) is 11.8. The summed E-state index contributed by atoms with van der Waals surface area (Å²) >= 11 is 0. The van der Waals surface area contributed by atoms with Gasteiger partial charge >= 0.3 is 5.97 Å². The maximum atomic E-state index is 11.2. The average molecular weight is 270 g/mol. The van der Waals surface area contributed by atoms with Crippen LogP contribution in [0.3, 0.4) is 0 Å². The molecule has 1 aliphatic carbocycles. The SMILES string of the molecule is CN1CCOC(CNCC2CCCCC2C(=O)O)C1. The molecule has 5 nitrogen and oxygen atoms in total. The number of carboxylic acids is 1. The smallest absolute Gasteiger partial charge is 0.306 e. The first kappa shape index (κ1) is 14.8. The van der Waals surface area contributed by atoms with Crippen LogP contribution in [-0.4, -0.2) is 61.9 Å². The molecule has 19 heavy (non-hydrogen) atoms. The first-order chi connectivity index (χ1) is 9.16. The van der Waals surface area contributed by atoms with Gasteiger partial charge < -0.3 is 20.1 Å². The molecule has 0 bridgehead atoms. The Kier molecular flexibility index (Phi) is 5.60. The van der Waals surface area contributed by atoms with Crippen molar-refractivity contribution < 1.29 is 14.6 Å². The number of morpholine rings is 1. The van der Waals surface area contributed by atoms with Crippen LogP contribution in [0.25, 0.3) is 0 Å². The highest BCUT2D eigenvalue weighted by Gasteiger charge is 2.30. The van der Waals surface area contributed by atoms with E-state index in [1.807, 2.05) is 0 Å². The van der Waals surface area contributed by atoms with E-state index in [0.717, 1.165) is 52.0 Å². The number of aliphatic carboxylic acids is 1. The third kappa shape index (κ3) is 4.44. The molecule has 0 aromatic heterocycles. The van der Waals surface area contributed by atoms with Gasteiger partial charge in [-0.25, -0.2) is 0 Å². The van der Waals surface area contributed by atoms with Crippen molar-refractivity contribution in [3.63, 3.8) is 0 Å². The van der Waals surface area contributed by atoms with E-state index in [1.54, 1.807) is 0 Å². The van der Waals surface area contributed by atoms with Gasteiger partial charge in [0.15, 0.2) is 0 Å². The van der Waals surface area contributed by atoms with E-state index in [1.165, 1.54) is 6.42 Å². The average Bonchev–Trinajstić information content (AvgIpc) is 2.39. The van der Waals surface area contributed by atoms with E-state index >= 15 is 0 Å². The van der Waals surface area contributed by atoms with Gasteiger partial charge in [0.25, 0.3) is 0 Å². The van der Waals surface area contributed by atoms with Crippen LogP contribution in [0.5, 0.6) is 0 Å². The van der Waals surface area contributed by atoms with Crippen LogP contribution >= 0.6 is 0 Å². The second-order valence-electron chi connectivity index (χ2n) is 5.90. The highest BCUT2D eigenvalue weighted by atomic mass is 16.5. The van der Waals surface area contributed by atoms with Gasteiger partial charge in [-0.05, 0) is 32.4 Å². The fourth-order valence-corrected chi connectivity index (χ4v) is 3.20. The molecule has 1 saturated heterocycles. The molecule has 0 radical (unpaired) electrons. The molecular weight excluding hydrogens is 244 g/mol. The van der Waals surface area contributed by atoms with Gasteiger partial charge in [0.2, 0.25) is 0 Å². The molecule has 0 amide bonds. The van der Waals surface area contributed by atoms with Crippen molar-refractivity contribution in [2.75, 3.05) is 39.8 Å². The Morgan fingerprint density at radius 3 is 2.89 bits per heavy atom. The molecule has 3 unspecified atom stereocenters. The molecule has 2 aliphatic rings. The van der Waals surface area contributed by atoms with Crippen LogP contribution in [0, 0.1) is 11.8 Å². The van der Waals surface area contributed by atoms with Gasteiger partial charge in [-0.2, -0.15) is 0 Å². The molecule has 110 valence electrons. The van der Waals surface area contributed by atoms with Gasteiger partial charge in [-0.1, -0.05) is 12.8 Å². The lowest BCUT2D eigenvalue weighted by Gasteiger charge is -2.32. The minimum atomic E-state index is -0.625. The lowest BCUT2D eigenvalue weighted by atomic mass is 9.79. The molecule has 1 aliphatic heterocycles. The Hall–Kier alpha value is -0.650. The Labute approximate surface area is 115 Å². The molecular formula is C14H26N2O3. The van der Waals surface area contributed by atoms with Gasteiger partial charge in [-0.15, -0.1) is 0 Å². The number of nitrogens with zero attached hydrogens (tertiary/aromatic N) is 1. The van der Waals surface area contributed by atoms with Gasteiger partial charge in [-0.3, -0.25) is 4.79 Å². The Bertz CT molecular complexity index is 298. The summed E-state index contributed by atoms with van der Waals surface area (Å²) in [5.41, 5.74) is 0. The second kappa shape index (κ2) is 7.22. The topological polar surface area (TPSA) is 61.8 Å². The first-order valence-electron chi connectivity index (χ1n) is 7.40. The number of hydrogen-bond donors (Lipinski definition) is 2. The molecule has 1 saturated carbocycles.